The molecule has 144 valence electrons. The van der Waals surface area contributed by atoms with Gasteiger partial charge in [0, 0.05) is 39.3 Å². The van der Waals surface area contributed by atoms with Crippen LogP contribution in [0.1, 0.15) is 20.8 Å². The van der Waals surface area contributed by atoms with Crippen LogP contribution in [0.25, 0.3) is 0 Å². The number of nitrogens with zero attached hydrogens (tertiary/aromatic N) is 3. The highest BCUT2D eigenvalue weighted by Crippen LogP contribution is 2.07. The second-order valence-corrected chi connectivity index (χ2v) is 6.22. The van der Waals surface area contributed by atoms with Gasteiger partial charge in [0.05, 0.1) is 0 Å². The van der Waals surface area contributed by atoms with Crippen molar-refractivity contribution in [3.8, 4) is 0 Å². The van der Waals surface area contributed by atoms with Crippen molar-refractivity contribution in [2.75, 3.05) is 39.3 Å². The van der Waals surface area contributed by atoms with Gasteiger partial charge >= 0.3 is 17.9 Å². The molecular weight excluding hydrogens is 332 g/mol. The van der Waals surface area contributed by atoms with Crippen molar-refractivity contribution >= 4 is 17.9 Å². The molecule has 1 rings (SSSR count). The van der Waals surface area contributed by atoms with Crippen molar-refractivity contribution < 1.29 is 29.7 Å². The minimum absolute atomic E-state index is 0.347. The third-order valence-electron chi connectivity index (χ3n) is 4.65. The van der Waals surface area contributed by atoms with Crippen molar-refractivity contribution in [3.63, 3.8) is 0 Å². The first-order valence-electron chi connectivity index (χ1n) is 8.31. The summed E-state index contributed by atoms with van der Waals surface area (Å²) in [4.78, 5) is 37.3. The van der Waals surface area contributed by atoms with Gasteiger partial charge in [-0.15, -0.1) is 0 Å². The molecular formula is C15H28N4O6. The highest BCUT2D eigenvalue weighted by atomic mass is 16.4. The van der Waals surface area contributed by atoms with Gasteiger partial charge in [0.25, 0.3) is 0 Å². The van der Waals surface area contributed by atoms with E-state index in [1.165, 1.54) is 0 Å². The summed E-state index contributed by atoms with van der Waals surface area (Å²) in [5.74, 6) is -2.91. The number of hydrogen-bond acceptors (Lipinski definition) is 7. The zero-order chi connectivity index (χ0) is 19.1. The fourth-order valence-electron chi connectivity index (χ4n) is 2.68. The number of nitrogens with one attached hydrogen (secondary N) is 1. The first-order chi connectivity index (χ1) is 11.6. The molecule has 0 radical (unpaired) electrons. The highest BCUT2D eigenvalue weighted by Gasteiger charge is 2.28. The van der Waals surface area contributed by atoms with Crippen LogP contribution in [0.15, 0.2) is 0 Å². The van der Waals surface area contributed by atoms with E-state index in [4.69, 9.17) is 0 Å². The Kier molecular flexibility index (Phi) is 8.23. The lowest BCUT2D eigenvalue weighted by Crippen LogP contribution is -2.57. The van der Waals surface area contributed by atoms with Crippen LogP contribution in [0.5, 0.6) is 0 Å². The SMILES string of the molecule is CC(C(=O)O)N1CCNN(C(C)C(=O)O)CCN(C(C)C(=O)O)CC1. The second kappa shape index (κ2) is 9.66. The Morgan fingerprint density at radius 3 is 1.56 bits per heavy atom. The molecule has 3 unspecified atom stereocenters. The van der Waals surface area contributed by atoms with Crippen molar-refractivity contribution in [2.24, 2.45) is 0 Å². The molecule has 10 heteroatoms. The molecule has 1 aliphatic heterocycles. The van der Waals surface area contributed by atoms with Gasteiger partial charge in [-0.1, -0.05) is 0 Å². The van der Waals surface area contributed by atoms with Crippen LogP contribution < -0.4 is 5.43 Å². The van der Waals surface area contributed by atoms with E-state index in [2.05, 4.69) is 5.43 Å². The van der Waals surface area contributed by atoms with Gasteiger partial charge in [-0.25, -0.2) is 5.01 Å². The maximum atomic E-state index is 11.3. The number of hydrogen-bond donors (Lipinski definition) is 4. The normalized spacial score (nSPS) is 22.7. The highest BCUT2D eigenvalue weighted by molar-refractivity contribution is 5.73. The van der Waals surface area contributed by atoms with Gasteiger partial charge in [0.15, 0.2) is 0 Å². The molecule has 0 bridgehead atoms. The summed E-state index contributed by atoms with van der Waals surface area (Å²) < 4.78 is 0. The average Bonchev–Trinajstić information content (AvgIpc) is 2.56. The third-order valence-corrected chi connectivity index (χ3v) is 4.65. The summed E-state index contributed by atoms with van der Waals surface area (Å²) in [6.45, 7) is 7.02. The number of carboxylic acid groups (broad SMARTS) is 3. The summed E-state index contributed by atoms with van der Waals surface area (Å²) in [5.41, 5.74) is 3.03. The smallest absolute Gasteiger partial charge is 0.322 e. The Morgan fingerprint density at radius 1 is 0.720 bits per heavy atom. The maximum Gasteiger partial charge on any atom is 0.322 e. The lowest BCUT2D eigenvalue weighted by atomic mass is 10.2. The van der Waals surface area contributed by atoms with E-state index in [9.17, 15) is 29.7 Å². The topological polar surface area (TPSA) is 134 Å². The minimum atomic E-state index is -0.988. The predicted octanol–water partition coefficient (Wildman–Crippen LogP) is -1.17. The molecule has 1 heterocycles. The number of aliphatic carboxylic acids is 3. The summed E-state index contributed by atoms with van der Waals surface area (Å²) >= 11 is 0. The molecule has 3 atom stereocenters. The fraction of sp³-hybridized carbons (Fsp3) is 0.800. The maximum absolute atomic E-state index is 11.3. The van der Waals surface area contributed by atoms with Crippen molar-refractivity contribution in [2.45, 2.75) is 38.9 Å². The summed E-state index contributed by atoms with van der Waals surface area (Å²) in [5, 5.41) is 29.3. The lowest BCUT2D eigenvalue weighted by Gasteiger charge is -2.36. The molecule has 0 aliphatic carbocycles. The van der Waals surface area contributed by atoms with Crippen molar-refractivity contribution in [3.05, 3.63) is 0 Å². The molecule has 0 aromatic heterocycles. The Bertz CT molecular complexity index is 457. The van der Waals surface area contributed by atoms with Crippen molar-refractivity contribution in [1.29, 1.82) is 0 Å². The first kappa shape index (κ1) is 21.3. The zero-order valence-corrected chi connectivity index (χ0v) is 14.9. The van der Waals surface area contributed by atoms with E-state index in [0.29, 0.717) is 39.3 Å². The van der Waals surface area contributed by atoms with Crippen LogP contribution in [-0.2, 0) is 14.4 Å². The number of rotatable bonds is 6. The van der Waals surface area contributed by atoms with Crippen LogP contribution in [0.3, 0.4) is 0 Å². The van der Waals surface area contributed by atoms with Crippen LogP contribution in [-0.4, -0.2) is 105 Å². The quantitative estimate of drug-likeness (QED) is 0.459. The number of hydrazine groups is 1. The molecule has 0 saturated carbocycles. The lowest BCUT2D eigenvalue weighted by molar-refractivity contribution is -0.147. The largest absolute Gasteiger partial charge is 0.480 e. The van der Waals surface area contributed by atoms with Crippen LogP contribution in [0.2, 0.25) is 0 Å². The van der Waals surface area contributed by atoms with Gasteiger partial charge in [-0.3, -0.25) is 29.6 Å². The summed E-state index contributed by atoms with van der Waals surface area (Å²) in [6.07, 6.45) is 0. The fourth-order valence-corrected chi connectivity index (χ4v) is 2.68. The second-order valence-electron chi connectivity index (χ2n) is 6.22. The predicted molar refractivity (Wildman–Crippen MR) is 89.1 cm³/mol. The number of carboxylic acids is 3. The Balaban J connectivity index is 2.94. The molecule has 0 spiro atoms. The Hall–Kier alpha value is -1.75. The van der Waals surface area contributed by atoms with Gasteiger partial charge in [-0.2, -0.15) is 0 Å². The minimum Gasteiger partial charge on any atom is -0.480 e. The van der Waals surface area contributed by atoms with E-state index in [-0.39, 0.29) is 0 Å². The molecule has 1 saturated heterocycles. The standard InChI is InChI=1S/C15H28N4O6/c1-10(13(20)21)17-5-4-16-19(12(3)15(24)25)9-8-18(7-6-17)11(2)14(22)23/h10-12,16H,4-9H2,1-3H3,(H,20,21)(H,22,23)(H,24,25). The van der Waals surface area contributed by atoms with Crippen LogP contribution >= 0.6 is 0 Å². The van der Waals surface area contributed by atoms with Gasteiger partial charge in [0.2, 0.25) is 0 Å². The summed E-state index contributed by atoms with van der Waals surface area (Å²) in [7, 11) is 0. The molecule has 1 aliphatic rings. The molecule has 0 aromatic rings. The third kappa shape index (κ3) is 6.24. The molecule has 0 aromatic carbocycles. The van der Waals surface area contributed by atoms with E-state index in [0.717, 1.165) is 0 Å². The average molecular weight is 360 g/mol. The Morgan fingerprint density at radius 2 is 1.12 bits per heavy atom. The van der Waals surface area contributed by atoms with Crippen LogP contribution in [0.4, 0.5) is 0 Å². The van der Waals surface area contributed by atoms with E-state index >= 15 is 0 Å². The monoisotopic (exact) mass is 360 g/mol. The first-order valence-corrected chi connectivity index (χ1v) is 8.31. The number of carbonyl (C=O) groups is 3. The molecule has 25 heavy (non-hydrogen) atoms. The van der Waals surface area contributed by atoms with Gasteiger partial charge in [-0.05, 0) is 20.8 Å². The van der Waals surface area contributed by atoms with E-state index < -0.39 is 36.0 Å². The van der Waals surface area contributed by atoms with Gasteiger partial charge < -0.3 is 15.3 Å². The molecule has 4 N–H and O–H groups in total. The van der Waals surface area contributed by atoms with Crippen molar-refractivity contribution in [1.82, 2.24) is 20.2 Å². The molecule has 10 nitrogen and oxygen atoms in total. The van der Waals surface area contributed by atoms with E-state index in [1.807, 2.05) is 0 Å². The van der Waals surface area contributed by atoms with E-state index in [1.54, 1.807) is 35.6 Å². The Labute approximate surface area is 147 Å². The zero-order valence-electron chi connectivity index (χ0n) is 14.9. The molecule has 0 amide bonds. The summed E-state index contributed by atoms with van der Waals surface area (Å²) in [6, 6.07) is -2.25. The van der Waals surface area contributed by atoms with Gasteiger partial charge in [0.1, 0.15) is 18.1 Å². The van der Waals surface area contributed by atoms with Crippen LogP contribution in [0, 0.1) is 0 Å². The molecule has 1 fully saturated rings.